The van der Waals surface area contributed by atoms with Gasteiger partial charge in [0.1, 0.15) is 34.6 Å². The van der Waals surface area contributed by atoms with E-state index in [0.717, 1.165) is 12.3 Å². The molecule has 4 N–H and O–H groups in total. The second-order valence-electron chi connectivity index (χ2n) is 9.02. The molecule has 0 aliphatic carbocycles. The van der Waals surface area contributed by atoms with E-state index >= 15 is 0 Å². The number of alkyl carbamates (subject to hydrolysis) is 1. The Hall–Kier alpha value is -3.77. The fourth-order valence-electron chi connectivity index (χ4n) is 3.24. The van der Waals surface area contributed by atoms with Crippen molar-refractivity contribution in [3.8, 4) is 16.9 Å². The monoisotopic (exact) mass is 533 g/mol. The van der Waals surface area contributed by atoms with Crippen molar-refractivity contribution >= 4 is 32.8 Å². The molecule has 3 aromatic rings. The Labute approximate surface area is 214 Å². The second kappa shape index (κ2) is 11.5. The van der Waals surface area contributed by atoms with Crippen molar-refractivity contribution in [3.05, 3.63) is 66.0 Å². The summed E-state index contributed by atoms with van der Waals surface area (Å²) >= 11 is 0. The van der Waals surface area contributed by atoms with Crippen LogP contribution >= 0.6 is 0 Å². The number of rotatable bonds is 8. The molecule has 1 aromatic carbocycles. The summed E-state index contributed by atoms with van der Waals surface area (Å²) in [6.45, 7) is 5.28. The van der Waals surface area contributed by atoms with Gasteiger partial charge in [-0.25, -0.2) is 23.5 Å². The molecule has 1 atom stereocenters. The minimum Gasteiger partial charge on any atom is -0.496 e. The number of nitrogens with two attached hydrogens (primary N) is 1. The number of benzene rings is 1. The molecular formula is C25H29F2N5O4S. The summed E-state index contributed by atoms with van der Waals surface area (Å²) in [6.07, 6.45) is 1.89. The van der Waals surface area contributed by atoms with Crippen LogP contribution in [0.1, 0.15) is 26.3 Å². The van der Waals surface area contributed by atoms with Crippen LogP contribution < -0.4 is 20.5 Å². The first-order valence-electron chi connectivity index (χ1n) is 11.2. The van der Waals surface area contributed by atoms with Gasteiger partial charge >= 0.3 is 6.09 Å². The quantitative estimate of drug-likeness (QED) is 0.373. The highest BCUT2D eigenvalue weighted by Gasteiger charge is 2.16. The van der Waals surface area contributed by atoms with Crippen LogP contribution in [0.5, 0.6) is 5.75 Å². The van der Waals surface area contributed by atoms with Gasteiger partial charge in [-0.2, -0.15) is 0 Å². The molecule has 1 unspecified atom stereocenters. The fraction of sp³-hybridized carbons (Fsp3) is 0.280. The van der Waals surface area contributed by atoms with E-state index in [9.17, 15) is 17.8 Å². The van der Waals surface area contributed by atoms with Gasteiger partial charge in [0, 0.05) is 50.8 Å². The number of carbonyl (C=O) groups excluding carboxylic acids is 1. The van der Waals surface area contributed by atoms with Gasteiger partial charge in [0.2, 0.25) is 0 Å². The first kappa shape index (κ1) is 27.8. The highest BCUT2D eigenvalue weighted by atomic mass is 32.2. The zero-order chi connectivity index (χ0) is 27.2. The summed E-state index contributed by atoms with van der Waals surface area (Å²) in [7, 11) is -1.57. The molecule has 12 heteroatoms. The maximum Gasteiger partial charge on any atom is 0.407 e. The van der Waals surface area contributed by atoms with Crippen LogP contribution in [0.15, 0.2) is 48.8 Å². The predicted octanol–water partition coefficient (Wildman–Crippen LogP) is 4.01. The molecule has 0 spiro atoms. The highest BCUT2D eigenvalue weighted by Crippen LogP contribution is 2.33. The molecule has 2 aromatic heterocycles. The Morgan fingerprint density at radius 3 is 2.54 bits per heavy atom. The molecule has 0 bridgehead atoms. The fourth-order valence-corrected chi connectivity index (χ4v) is 4.38. The molecule has 2 heterocycles. The lowest BCUT2D eigenvalue weighted by atomic mass is 10.0. The molecule has 0 fully saturated rings. The summed E-state index contributed by atoms with van der Waals surface area (Å²) in [5.74, 6) is -0.352. The van der Waals surface area contributed by atoms with E-state index < -0.39 is 33.0 Å². The minimum atomic E-state index is -2.93. The number of nitrogens with zero attached hydrogens (tertiary/aromatic N) is 2. The van der Waals surface area contributed by atoms with E-state index in [1.54, 1.807) is 32.9 Å². The molecule has 9 nitrogen and oxygen atoms in total. The zero-order valence-corrected chi connectivity index (χ0v) is 21.7. The van der Waals surface area contributed by atoms with Crippen LogP contribution in [0, 0.1) is 11.6 Å². The van der Waals surface area contributed by atoms with Crippen LogP contribution in [-0.2, 0) is 14.4 Å². The van der Waals surface area contributed by atoms with Gasteiger partial charge in [-0.15, -0.1) is 0 Å². The number of ether oxygens (including phenoxy) is 2. The molecule has 0 aliphatic heterocycles. The third-order valence-corrected chi connectivity index (χ3v) is 6.29. The lowest BCUT2D eigenvalue weighted by Crippen LogP contribution is -2.36. The number of halogens is 2. The van der Waals surface area contributed by atoms with Crippen molar-refractivity contribution in [1.29, 1.82) is 0 Å². The first-order valence-corrected chi connectivity index (χ1v) is 13.0. The number of aromatic nitrogens is 2. The smallest absolute Gasteiger partial charge is 0.407 e. The Bertz CT molecular complexity index is 1400. The molecule has 1 amide bonds. The SMILES string of the molecule is COc1cc(F)ccc1-c1cc(Nc2cc(C=S(N)(=O)CCNC(=O)OC(C)(C)C)ccn2)ncc1F. The first-order chi connectivity index (χ1) is 17.3. The van der Waals surface area contributed by atoms with Crippen molar-refractivity contribution in [2.45, 2.75) is 26.4 Å². The van der Waals surface area contributed by atoms with Gasteiger partial charge < -0.3 is 20.1 Å². The number of carbonyl (C=O) groups is 1. The summed E-state index contributed by atoms with van der Waals surface area (Å²) in [5.41, 5.74) is 0.375. The summed E-state index contributed by atoms with van der Waals surface area (Å²) < 4.78 is 51.3. The normalized spacial score (nSPS) is 12.8. The molecule has 3 rings (SSSR count). The third kappa shape index (κ3) is 8.40. The van der Waals surface area contributed by atoms with Gasteiger partial charge in [-0.1, -0.05) is 0 Å². The Morgan fingerprint density at radius 2 is 1.84 bits per heavy atom. The third-order valence-electron chi connectivity index (χ3n) is 4.77. The van der Waals surface area contributed by atoms with Crippen molar-refractivity contribution < 1.29 is 27.3 Å². The van der Waals surface area contributed by atoms with E-state index in [4.69, 9.17) is 14.6 Å². The van der Waals surface area contributed by atoms with Gasteiger partial charge in [0.25, 0.3) is 0 Å². The van der Waals surface area contributed by atoms with Gasteiger partial charge in [0.15, 0.2) is 0 Å². The zero-order valence-electron chi connectivity index (χ0n) is 20.9. The maximum absolute atomic E-state index is 14.6. The van der Waals surface area contributed by atoms with Crippen molar-refractivity contribution in [2.24, 2.45) is 5.14 Å². The maximum atomic E-state index is 14.6. The Balaban J connectivity index is 1.75. The summed E-state index contributed by atoms with van der Waals surface area (Å²) in [6, 6.07) is 8.44. The molecular weight excluding hydrogens is 504 g/mol. The standard InChI is InChI=1S/C25H29F2N5O4S/c1-25(2,3)36-24(33)30-9-10-37(28,34)15-16-7-8-29-22(11-16)32-23-13-19(20(27)14-31-23)18-6-5-17(26)12-21(18)35-4/h5-8,11-15H,9-10H2,1-4H3,(H2,28,34)(H,30,33)(H,29,31,32). The van der Waals surface area contributed by atoms with Crippen LogP contribution in [-0.4, -0.2) is 50.6 Å². The van der Waals surface area contributed by atoms with Crippen molar-refractivity contribution in [2.75, 3.05) is 24.7 Å². The second-order valence-corrected chi connectivity index (χ2v) is 11.2. The summed E-state index contributed by atoms with van der Waals surface area (Å²) in [5, 5.41) is 12.8. The summed E-state index contributed by atoms with van der Waals surface area (Å²) in [4.78, 5) is 20.0. The average molecular weight is 534 g/mol. The van der Waals surface area contributed by atoms with Gasteiger partial charge in [0.05, 0.1) is 13.3 Å². The molecule has 0 saturated carbocycles. The molecule has 0 radical (unpaired) electrons. The van der Waals surface area contributed by atoms with Crippen molar-refractivity contribution in [3.63, 3.8) is 0 Å². The topological polar surface area (TPSA) is 128 Å². The van der Waals surface area contributed by atoms with Gasteiger partial charge in [-0.3, -0.25) is 9.35 Å². The van der Waals surface area contributed by atoms with Crippen LogP contribution in [0.2, 0.25) is 0 Å². The number of hydrogen-bond acceptors (Lipinski definition) is 7. The Morgan fingerprint density at radius 1 is 1.11 bits per heavy atom. The van der Waals surface area contributed by atoms with Gasteiger partial charge in [-0.05, 0) is 56.7 Å². The van der Waals surface area contributed by atoms with E-state index in [-0.39, 0.29) is 29.4 Å². The molecule has 198 valence electrons. The largest absolute Gasteiger partial charge is 0.496 e. The number of nitrogens with one attached hydrogen (secondary N) is 2. The number of methoxy groups -OCH3 is 1. The molecule has 37 heavy (non-hydrogen) atoms. The van der Waals surface area contributed by atoms with E-state index in [1.807, 2.05) is 0 Å². The Kier molecular flexibility index (Phi) is 8.66. The number of anilines is 2. The molecule has 0 saturated heterocycles. The highest BCUT2D eigenvalue weighted by molar-refractivity contribution is 7.99. The average Bonchev–Trinajstić information content (AvgIpc) is 2.79. The minimum absolute atomic E-state index is 0.000290. The number of hydrogen-bond donors (Lipinski definition) is 3. The van der Waals surface area contributed by atoms with E-state index in [2.05, 4.69) is 20.6 Å². The number of pyridine rings is 2. The van der Waals surface area contributed by atoms with Crippen molar-refractivity contribution in [1.82, 2.24) is 15.3 Å². The van der Waals surface area contributed by atoms with E-state index in [0.29, 0.717) is 16.9 Å². The lowest BCUT2D eigenvalue weighted by Gasteiger charge is -2.19. The predicted molar refractivity (Wildman–Crippen MR) is 140 cm³/mol. The van der Waals surface area contributed by atoms with Crippen LogP contribution in [0.4, 0.5) is 25.2 Å². The van der Waals surface area contributed by atoms with Crippen LogP contribution in [0.3, 0.4) is 0 Å². The van der Waals surface area contributed by atoms with Crippen LogP contribution in [0.25, 0.3) is 11.1 Å². The van der Waals surface area contributed by atoms with E-state index in [1.165, 1.54) is 36.9 Å². The lowest BCUT2D eigenvalue weighted by molar-refractivity contribution is 0.0531. The molecule has 0 aliphatic rings. The number of amides is 1.